The van der Waals surface area contributed by atoms with Crippen molar-refractivity contribution < 1.29 is 4.79 Å². The molecular formula is C15H10BrClN2O. The van der Waals surface area contributed by atoms with Crippen LogP contribution in [0.4, 0.5) is 5.69 Å². The molecule has 2 aromatic carbocycles. The van der Waals surface area contributed by atoms with Crippen LogP contribution in [0.5, 0.6) is 0 Å². The highest BCUT2D eigenvalue weighted by Crippen LogP contribution is 2.26. The van der Waals surface area contributed by atoms with Gasteiger partial charge in [-0.1, -0.05) is 33.6 Å². The second kappa shape index (κ2) is 4.96. The van der Waals surface area contributed by atoms with Crippen molar-refractivity contribution in [2.24, 2.45) is 0 Å². The van der Waals surface area contributed by atoms with Crippen molar-refractivity contribution in [1.82, 2.24) is 4.98 Å². The Morgan fingerprint density at radius 2 is 2.00 bits per heavy atom. The number of nitrogens with two attached hydrogens (primary N) is 1. The minimum atomic E-state index is -0.0829. The summed E-state index contributed by atoms with van der Waals surface area (Å²) in [5.41, 5.74) is 8.17. The van der Waals surface area contributed by atoms with Crippen molar-refractivity contribution in [3.63, 3.8) is 0 Å². The molecule has 5 heteroatoms. The summed E-state index contributed by atoms with van der Waals surface area (Å²) in [5.74, 6) is -0.0829. The summed E-state index contributed by atoms with van der Waals surface area (Å²) in [4.78, 5) is 15.6. The van der Waals surface area contributed by atoms with E-state index in [1.807, 2.05) is 18.2 Å². The van der Waals surface area contributed by atoms with Gasteiger partial charge in [-0.3, -0.25) is 4.79 Å². The lowest BCUT2D eigenvalue weighted by molar-refractivity contribution is 0.104. The molecule has 3 rings (SSSR count). The van der Waals surface area contributed by atoms with Gasteiger partial charge in [-0.25, -0.2) is 0 Å². The molecule has 3 nitrogen and oxygen atoms in total. The topological polar surface area (TPSA) is 58.9 Å². The zero-order valence-electron chi connectivity index (χ0n) is 10.3. The number of nitrogen functional groups attached to an aromatic ring is 1. The Labute approximate surface area is 128 Å². The fourth-order valence-electron chi connectivity index (χ4n) is 2.11. The van der Waals surface area contributed by atoms with Crippen molar-refractivity contribution >= 4 is 49.9 Å². The SMILES string of the molecule is Nc1ccc(C(=O)c2c[nH]c3cc(Br)ccc23)cc1Cl. The number of nitrogens with one attached hydrogen (secondary N) is 1. The lowest BCUT2D eigenvalue weighted by Crippen LogP contribution is -2.01. The highest BCUT2D eigenvalue weighted by atomic mass is 79.9. The fourth-order valence-corrected chi connectivity index (χ4v) is 2.65. The van der Waals surface area contributed by atoms with Crippen LogP contribution in [0.3, 0.4) is 0 Å². The predicted octanol–water partition coefficient (Wildman–Crippen LogP) is 4.40. The first-order valence-electron chi connectivity index (χ1n) is 5.92. The van der Waals surface area contributed by atoms with Crippen LogP contribution in [0.25, 0.3) is 10.9 Å². The number of rotatable bonds is 2. The number of halogens is 2. The molecular weight excluding hydrogens is 340 g/mol. The first kappa shape index (κ1) is 13.2. The number of carbonyl (C=O) groups is 1. The van der Waals surface area contributed by atoms with Crippen LogP contribution in [0.1, 0.15) is 15.9 Å². The van der Waals surface area contributed by atoms with E-state index in [0.29, 0.717) is 21.8 Å². The highest BCUT2D eigenvalue weighted by Gasteiger charge is 2.15. The Bertz CT molecular complexity index is 826. The van der Waals surface area contributed by atoms with Crippen molar-refractivity contribution in [2.75, 3.05) is 5.73 Å². The van der Waals surface area contributed by atoms with Gasteiger partial charge in [0, 0.05) is 32.7 Å². The molecule has 0 spiro atoms. The molecule has 0 aliphatic heterocycles. The molecule has 1 heterocycles. The average molecular weight is 350 g/mol. The third-order valence-corrected chi connectivity index (χ3v) is 3.97. The second-order valence-corrected chi connectivity index (χ2v) is 5.78. The summed E-state index contributed by atoms with van der Waals surface area (Å²) in [6.07, 6.45) is 1.71. The summed E-state index contributed by atoms with van der Waals surface area (Å²) < 4.78 is 0.960. The van der Waals surface area contributed by atoms with Gasteiger partial charge in [-0.2, -0.15) is 0 Å². The predicted molar refractivity (Wildman–Crippen MR) is 85.3 cm³/mol. The minimum Gasteiger partial charge on any atom is -0.398 e. The van der Waals surface area contributed by atoms with Gasteiger partial charge >= 0.3 is 0 Å². The molecule has 0 atom stereocenters. The Morgan fingerprint density at radius 1 is 1.20 bits per heavy atom. The Kier molecular flexibility index (Phi) is 3.28. The van der Waals surface area contributed by atoms with Gasteiger partial charge in [0.15, 0.2) is 5.78 Å². The summed E-state index contributed by atoms with van der Waals surface area (Å²) in [5, 5.41) is 1.27. The van der Waals surface area contributed by atoms with Crippen LogP contribution in [0.15, 0.2) is 47.1 Å². The van der Waals surface area contributed by atoms with E-state index in [-0.39, 0.29) is 5.78 Å². The highest BCUT2D eigenvalue weighted by molar-refractivity contribution is 9.10. The normalized spacial score (nSPS) is 10.9. The van der Waals surface area contributed by atoms with E-state index in [4.69, 9.17) is 17.3 Å². The number of aromatic amines is 1. The van der Waals surface area contributed by atoms with Crippen LogP contribution in [0.2, 0.25) is 5.02 Å². The van der Waals surface area contributed by atoms with Gasteiger partial charge < -0.3 is 10.7 Å². The number of aromatic nitrogens is 1. The lowest BCUT2D eigenvalue weighted by atomic mass is 10.0. The van der Waals surface area contributed by atoms with Crippen molar-refractivity contribution in [3.8, 4) is 0 Å². The Balaban J connectivity index is 2.10. The fraction of sp³-hybridized carbons (Fsp3) is 0. The van der Waals surface area contributed by atoms with E-state index < -0.39 is 0 Å². The number of hydrogen-bond donors (Lipinski definition) is 2. The Hall–Kier alpha value is -1.78. The number of anilines is 1. The van der Waals surface area contributed by atoms with E-state index in [2.05, 4.69) is 20.9 Å². The van der Waals surface area contributed by atoms with Crippen LogP contribution in [-0.4, -0.2) is 10.8 Å². The molecule has 0 saturated carbocycles. The third-order valence-electron chi connectivity index (χ3n) is 3.15. The van der Waals surface area contributed by atoms with Gasteiger partial charge in [-0.05, 0) is 30.3 Å². The quantitative estimate of drug-likeness (QED) is 0.532. The van der Waals surface area contributed by atoms with Crippen molar-refractivity contribution in [1.29, 1.82) is 0 Å². The molecule has 3 aromatic rings. The number of fused-ring (bicyclic) bond motifs is 1. The standard InChI is InChI=1S/C15H10BrClN2O/c16-9-2-3-10-11(7-19-14(10)6-9)15(20)8-1-4-13(18)12(17)5-8/h1-7,19H,18H2. The summed E-state index contributed by atoms with van der Waals surface area (Å²) >= 11 is 9.37. The number of H-pyrrole nitrogens is 1. The largest absolute Gasteiger partial charge is 0.398 e. The molecule has 3 N–H and O–H groups in total. The average Bonchev–Trinajstić information content (AvgIpc) is 2.84. The van der Waals surface area contributed by atoms with E-state index >= 15 is 0 Å². The van der Waals surface area contributed by atoms with Crippen LogP contribution >= 0.6 is 27.5 Å². The zero-order valence-corrected chi connectivity index (χ0v) is 12.6. The van der Waals surface area contributed by atoms with Crippen molar-refractivity contribution in [3.05, 3.63) is 63.2 Å². The van der Waals surface area contributed by atoms with Crippen LogP contribution in [-0.2, 0) is 0 Å². The molecule has 0 radical (unpaired) electrons. The van der Waals surface area contributed by atoms with Crippen LogP contribution < -0.4 is 5.73 Å². The third kappa shape index (κ3) is 2.21. The van der Waals surface area contributed by atoms with Gasteiger partial charge in [-0.15, -0.1) is 0 Å². The van der Waals surface area contributed by atoms with Crippen LogP contribution in [0, 0.1) is 0 Å². The minimum absolute atomic E-state index is 0.0829. The van der Waals surface area contributed by atoms with Gasteiger partial charge in [0.1, 0.15) is 0 Å². The maximum Gasteiger partial charge on any atom is 0.195 e. The number of ketones is 1. The lowest BCUT2D eigenvalue weighted by Gasteiger charge is -2.03. The molecule has 0 bridgehead atoms. The summed E-state index contributed by atoms with van der Waals surface area (Å²) in [7, 11) is 0. The Morgan fingerprint density at radius 3 is 2.75 bits per heavy atom. The van der Waals surface area contributed by atoms with E-state index in [1.165, 1.54) is 0 Å². The number of hydrogen-bond acceptors (Lipinski definition) is 2. The summed E-state index contributed by atoms with van der Waals surface area (Å²) in [6, 6.07) is 10.7. The number of benzene rings is 2. The molecule has 20 heavy (non-hydrogen) atoms. The van der Waals surface area contributed by atoms with Gasteiger partial charge in [0.25, 0.3) is 0 Å². The molecule has 0 fully saturated rings. The van der Waals surface area contributed by atoms with E-state index in [9.17, 15) is 4.79 Å². The molecule has 100 valence electrons. The maximum atomic E-state index is 12.5. The molecule has 0 saturated heterocycles. The zero-order chi connectivity index (χ0) is 14.3. The molecule has 1 aromatic heterocycles. The van der Waals surface area contributed by atoms with E-state index in [0.717, 1.165) is 15.4 Å². The second-order valence-electron chi connectivity index (χ2n) is 4.46. The monoisotopic (exact) mass is 348 g/mol. The molecule has 0 aliphatic carbocycles. The van der Waals surface area contributed by atoms with Gasteiger partial charge in [0.05, 0.1) is 10.7 Å². The van der Waals surface area contributed by atoms with Crippen molar-refractivity contribution in [2.45, 2.75) is 0 Å². The maximum absolute atomic E-state index is 12.5. The molecule has 0 aliphatic rings. The van der Waals surface area contributed by atoms with E-state index in [1.54, 1.807) is 24.4 Å². The molecule has 0 amide bonds. The summed E-state index contributed by atoms with van der Waals surface area (Å²) in [6.45, 7) is 0. The smallest absolute Gasteiger partial charge is 0.195 e. The number of carbonyl (C=O) groups excluding carboxylic acids is 1. The van der Waals surface area contributed by atoms with Gasteiger partial charge in [0.2, 0.25) is 0 Å². The first-order valence-corrected chi connectivity index (χ1v) is 7.10. The first-order chi connectivity index (χ1) is 9.56. The molecule has 0 unspecified atom stereocenters.